The van der Waals surface area contributed by atoms with Crippen molar-refractivity contribution in [3.8, 4) is 11.8 Å². The minimum Gasteiger partial charge on any atom is -0.322 e. The summed E-state index contributed by atoms with van der Waals surface area (Å²) < 4.78 is 30.1. The number of sulfonamides is 1. The molecule has 0 aliphatic carbocycles. The summed E-state index contributed by atoms with van der Waals surface area (Å²) in [5.74, 6) is -0.307. The van der Waals surface area contributed by atoms with Gasteiger partial charge < -0.3 is 9.88 Å². The maximum absolute atomic E-state index is 13.1. The smallest absolute Gasteiger partial charge is 0.261 e. The Kier molecular flexibility index (Phi) is 6.45. The third kappa shape index (κ3) is 4.95. The molecule has 1 aromatic heterocycles. The van der Waals surface area contributed by atoms with E-state index < -0.39 is 10.0 Å². The Labute approximate surface area is 204 Å². The summed E-state index contributed by atoms with van der Waals surface area (Å²) in [5.41, 5.74) is 5.11. The Morgan fingerprint density at radius 3 is 2.26 bits per heavy atom. The van der Waals surface area contributed by atoms with Crippen molar-refractivity contribution in [2.75, 3.05) is 10.0 Å². The summed E-state index contributed by atoms with van der Waals surface area (Å²) in [5, 5.41) is 11.9. The molecule has 0 aliphatic heterocycles. The van der Waals surface area contributed by atoms with Gasteiger partial charge in [-0.15, -0.1) is 0 Å². The second-order valence-corrected chi connectivity index (χ2v) is 9.86. The normalized spacial score (nSPS) is 11.0. The molecule has 2 N–H and O–H groups in total. The molecule has 1 heterocycles. The standard InChI is InChI=1S/C27H24N4O3S/c1-18-9-12-22(16-26(18)30-35(33,34)24-7-5-4-6-8-24)29-27(32)25-15-19(2)31(20(25)3)23-13-10-21(17-28)11-14-23/h4-16,30H,1-3H3,(H,29,32). The van der Waals surface area contributed by atoms with E-state index in [2.05, 4.69) is 16.1 Å². The lowest BCUT2D eigenvalue weighted by atomic mass is 10.1. The van der Waals surface area contributed by atoms with Crippen molar-refractivity contribution in [1.29, 1.82) is 5.26 Å². The van der Waals surface area contributed by atoms with Crippen molar-refractivity contribution in [2.24, 2.45) is 0 Å². The fourth-order valence-electron chi connectivity index (χ4n) is 3.89. The number of aromatic nitrogens is 1. The Morgan fingerprint density at radius 2 is 1.60 bits per heavy atom. The molecule has 4 rings (SSSR count). The molecule has 0 bridgehead atoms. The fourth-order valence-corrected chi connectivity index (χ4v) is 5.03. The van der Waals surface area contributed by atoms with Gasteiger partial charge >= 0.3 is 0 Å². The van der Waals surface area contributed by atoms with Gasteiger partial charge in [-0.3, -0.25) is 9.52 Å². The number of rotatable bonds is 6. The molecule has 0 radical (unpaired) electrons. The number of carbonyl (C=O) groups is 1. The van der Waals surface area contributed by atoms with Crippen LogP contribution in [0.2, 0.25) is 0 Å². The van der Waals surface area contributed by atoms with Gasteiger partial charge in [0.15, 0.2) is 0 Å². The van der Waals surface area contributed by atoms with Gasteiger partial charge in [-0.05, 0) is 80.9 Å². The van der Waals surface area contributed by atoms with E-state index in [-0.39, 0.29) is 10.8 Å². The second-order valence-electron chi connectivity index (χ2n) is 8.18. The van der Waals surface area contributed by atoms with Gasteiger partial charge in [0, 0.05) is 22.8 Å². The number of nitrogens with zero attached hydrogens (tertiary/aromatic N) is 2. The molecule has 0 atom stereocenters. The van der Waals surface area contributed by atoms with Crippen molar-refractivity contribution < 1.29 is 13.2 Å². The van der Waals surface area contributed by atoms with Crippen LogP contribution in [0.5, 0.6) is 0 Å². The number of anilines is 2. The average Bonchev–Trinajstić information content (AvgIpc) is 3.15. The molecule has 0 spiro atoms. The lowest BCUT2D eigenvalue weighted by Crippen LogP contribution is -2.15. The Morgan fingerprint density at radius 1 is 0.914 bits per heavy atom. The zero-order valence-electron chi connectivity index (χ0n) is 19.5. The third-order valence-corrected chi connectivity index (χ3v) is 7.11. The number of benzene rings is 3. The monoisotopic (exact) mass is 484 g/mol. The topological polar surface area (TPSA) is 104 Å². The minimum atomic E-state index is -3.76. The number of nitriles is 1. The van der Waals surface area contributed by atoms with Crippen LogP contribution in [-0.4, -0.2) is 18.9 Å². The summed E-state index contributed by atoms with van der Waals surface area (Å²) in [6, 6.07) is 24.2. The largest absolute Gasteiger partial charge is 0.322 e. The van der Waals surface area contributed by atoms with E-state index in [1.807, 2.05) is 30.5 Å². The molecule has 4 aromatic rings. The quantitative estimate of drug-likeness (QED) is 0.386. The van der Waals surface area contributed by atoms with Crippen LogP contribution < -0.4 is 10.0 Å². The number of hydrogen-bond donors (Lipinski definition) is 2. The molecule has 1 amide bonds. The Hall–Kier alpha value is -4.35. The maximum atomic E-state index is 13.1. The SMILES string of the molecule is Cc1ccc(NC(=O)c2cc(C)n(-c3ccc(C#N)cc3)c2C)cc1NS(=O)(=O)c1ccccc1. The summed E-state index contributed by atoms with van der Waals surface area (Å²) >= 11 is 0. The first-order valence-electron chi connectivity index (χ1n) is 10.9. The summed E-state index contributed by atoms with van der Waals surface area (Å²) in [7, 11) is -3.76. The predicted molar refractivity (Wildman–Crippen MR) is 136 cm³/mol. The number of nitrogens with one attached hydrogen (secondary N) is 2. The molecular formula is C27H24N4O3S. The van der Waals surface area contributed by atoms with Gasteiger partial charge in [-0.1, -0.05) is 24.3 Å². The highest BCUT2D eigenvalue weighted by Crippen LogP contribution is 2.26. The van der Waals surface area contributed by atoms with E-state index in [0.29, 0.717) is 22.5 Å². The van der Waals surface area contributed by atoms with Gasteiger partial charge in [-0.25, -0.2) is 8.42 Å². The van der Waals surface area contributed by atoms with E-state index in [1.165, 1.54) is 12.1 Å². The van der Waals surface area contributed by atoms with E-state index in [9.17, 15) is 13.2 Å². The van der Waals surface area contributed by atoms with Crippen molar-refractivity contribution in [1.82, 2.24) is 4.57 Å². The highest BCUT2D eigenvalue weighted by molar-refractivity contribution is 7.92. The zero-order valence-corrected chi connectivity index (χ0v) is 20.3. The van der Waals surface area contributed by atoms with Crippen molar-refractivity contribution in [3.05, 3.63) is 107 Å². The lowest BCUT2D eigenvalue weighted by Gasteiger charge is -2.13. The first kappa shape index (κ1) is 23.8. The number of hydrogen-bond acceptors (Lipinski definition) is 4. The minimum absolute atomic E-state index is 0.157. The van der Waals surface area contributed by atoms with Crippen LogP contribution >= 0.6 is 0 Å². The van der Waals surface area contributed by atoms with Crippen LogP contribution in [0.3, 0.4) is 0 Å². The van der Waals surface area contributed by atoms with E-state index >= 15 is 0 Å². The molecule has 8 heteroatoms. The van der Waals surface area contributed by atoms with Crippen LogP contribution in [0.1, 0.15) is 32.9 Å². The van der Waals surface area contributed by atoms with Crippen LogP contribution in [0.15, 0.2) is 83.8 Å². The molecule has 0 aliphatic rings. The van der Waals surface area contributed by atoms with Crippen LogP contribution in [0.4, 0.5) is 11.4 Å². The van der Waals surface area contributed by atoms with Gasteiger partial charge in [0.25, 0.3) is 15.9 Å². The Bertz CT molecular complexity index is 1550. The molecule has 0 saturated heterocycles. The van der Waals surface area contributed by atoms with E-state index in [0.717, 1.165) is 22.6 Å². The Balaban J connectivity index is 1.59. The van der Waals surface area contributed by atoms with Crippen LogP contribution in [-0.2, 0) is 10.0 Å². The van der Waals surface area contributed by atoms with Crippen LogP contribution in [0.25, 0.3) is 5.69 Å². The number of amides is 1. The maximum Gasteiger partial charge on any atom is 0.261 e. The number of aryl methyl sites for hydroxylation is 2. The van der Waals surface area contributed by atoms with E-state index in [4.69, 9.17) is 5.26 Å². The summed E-state index contributed by atoms with van der Waals surface area (Å²) in [4.78, 5) is 13.3. The van der Waals surface area contributed by atoms with Gasteiger partial charge in [-0.2, -0.15) is 5.26 Å². The average molecular weight is 485 g/mol. The first-order valence-corrected chi connectivity index (χ1v) is 12.4. The third-order valence-electron chi connectivity index (χ3n) is 5.72. The lowest BCUT2D eigenvalue weighted by molar-refractivity contribution is 0.102. The highest BCUT2D eigenvalue weighted by atomic mass is 32.2. The molecule has 0 saturated carbocycles. The zero-order chi connectivity index (χ0) is 25.2. The van der Waals surface area contributed by atoms with Crippen LogP contribution in [0, 0.1) is 32.1 Å². The summed E-state index contributed by atoms with van der Waals surface area (Å²) in [6.45, 7) is 5.55. The van der Waals surface area contributed by atoms with Gasteiger partial charge in [0.1, 0.15) is 0 Å². The molecular weight excluding hydrogens is 460 g/mol. The highest BCUT2D eigenvalue weighted by Gasteiger charge is 2.19. The van der Waals surface area contributed by atoms with Crippen molar-refractivity contribution in [2.45, 2.75) is 25.7 Å². The van der Waals surface area contributed by atoms with Gasteiger partial charge in [0.2, 0.25) is 0 Å². The molecule has 176 valence electrons. The number of carbonyl (C=O) groups excluding carboxylic acids is 1. The van der Waals surface area contributed by atoms with Crippen molar-refractivity contribution >= 4 is 27.3 Å². The molecule has 0 unspecified atom stereocenters. The fraction of sp³-hybridized carbons (Fsp3) is 0.111. The molecule has 7 nitrogen and oxygen atoms in total. The van der Waals surface area contributed by atoms with E-state index in [1.54, 1.807) is 61.5 Å². The first-order chi connectivity index (χ1) is 16.7. The predicted octanol–water partition coefficient (Wildman–Crippen LogP) is 5.33. The second kappa shape index (κ2) is 9.49. The van der Waals surface area contributed by atoms with Gasteiger partial charge in [0.05, 0.1) is 27.8 Å². The molecule has 3 aromatic carbocycles. The molecule has 0 fully saturated rings. The summed E-state index contributed by atoms with van der Waals surface area (Å²) in [6.07, 6.45) is 0. The molecule has 35 heavy (non-hydrogen) atoms. The van der Waals surface area contributed by atoms with Crippen molar-refractivity contribution in [3.63, 3.8) is 0 Å².